The van der Waals surface area contributed by atoms with E-state index in [1.807, 2.05) is 0 Å². The van der Waals surface area contributed by atoms with E-state index in [4.69, 9.17) is 0 Å². The van der Waals surface area contributed by atoms with Crippen molar-refractivity contribution in [3.8, 4) is 0 Å². The summed E-state index contributed by atoms with van der Waals surface area (Å²) in [5, 5.41) is 25.4. The number of hydrogen-bond donors (Lipinski definition) is 2. The molecule has 0 aliphatic rings. The zero-order valence-electron chi connectivity index (χ0n) is 6.68. The molecule has 8 nitrogen and oxygen atoms in total. The quantitative estimate of drug-likeness (QED) is 0.596. The minimum atomic E-state index is 0. The van der Waals surface area contributed by atoms with Crippen molar-refractivity contribution in [2.24, 2.45) is 0 Å². The van der Waals surface area contributed by atoms with Crippen molar-refractivity contribution in [3.63, 3.8) is 0 Å². The number of H-pyrrole nitrogens is 2. The maximum atomic E-state index is 3.57. The van der Waals surface area contributed by atoms with E-state index >= 15 is 0 Å². The predicted octanol–water partition coefficient (Wildman–Crippen LogP) is -0.102. The molecule has 2 heterocycles. The molecule has 8 heteroatoms. The van der Waals surface area contributed by atoms with Gasteiger partial charge in [0.15, 0.2) is 11.6 Å². The summed E-state index contributed by atoms with van der Waals surface area (Å²) < 4.78 is 0. The van der Waals surface area contributed by atoms with E-state index in [9.17, 15) is 0 Å². The second kappa shape index (κ2) is 5.75. The van der Waals surface area contributed by atoms with Crippen molar-refractivity contribution >= 4 is 0 Å². The third-order valence-electron chi connectivity index (χ3n) is 0.902. The summed E-state index contributed by atoms with van der Waals surface area (Å²) in [6, 6.07) is 0. The Labute approximate surface area is 76.6 Å². The highest BCUT2D eigenvalue weighted by molar-refractivity contribution is 4.64. The average Bonchev–Trinajstić information content (AvgIpc) is 2.63. The molecule has 2 aromatic heterocycles. The minimum Gasteiger partial charge on any atom is -0.177 e. The fourth-order valence-electron chi connectivity index (χ4n) is 0.424. The number of aryl methyl sites for hydroxylation is 2. The van der Waals surface area contributed by atoms with Gasteiger partial charge >= 0.3 is 0 Å². The van der Waals surface area contributed by atoms with Gasteiger partial charge in [-0.2, -0.15) is 10.4 Å². The van der Waals surface area contributed by atoms with Crippen LogP contribution in [0.25, 0.3) is 0 Å². The fourth-order valence-corrected chi connectivity index (χ4v) is 0.424. The second-order valence-electron chi connectivity index (χ2n) is 1.92. The molecular formula is C5H14N8. The van der Waals surface area contributed by atoms with Crippen LogP contribution in [0, 0.1) is 13.8 Å². The highest BCUT2D eigenvalue weighted by Crippen LogP contribution is 1.69. The van der Waals surface area contributed by atoms with E-state index in [1.165, 1.54) is 0 Å². The van der Waals surface area contributed by atoms with Crippen molar-refractivity contribution in [2.75, 3.05) is 0 Å². The van der Waals surface area contributed by atoms with E-state index in [0.29, 0.717) is 11.6 Å². The molecule has 0 amide bonds. The highest BCUT2D eigenvalue weighted by atomic mass is 15.5. The largest absolute Gasteiger partial charge is 0.177 e. The van der Waals surface area contributed by atoms with Gasteiger partial charge in [-0.05, 0) is 13.8 Å². The van der Waals surface area contributed by atoms with Gasteiger partial charge in [-0.15, -0.1) is 20.4 Å². The first-order valence-electron chi connectivity index (χ1n) is 3.19. The van der Waals surface area contributed by atoms with Crippen molar-refractivity contribution in [1.29, 1.82) is 0 Å². The molecule has 0 aromatic carbocycles. The summed E-state index contributed by atoms with van der Waals surface area (Å²) in [6.45, 7) is 3.53. The van der Waals surface area contributed by atoms with Crippen LogP contribution in [-0.4, -0.2) is 41.2 Å². The highest BCUT2D eigenvalue weighted by Gasteiger charge is 1.78. The first-order chi connectivity index (χ1) is 5.79. The minimum absolute atomic E-state index is 0. The molecule has 2 rings (SSSR count). The second-order valence-corrected chi connectivity index (χ2v) is 1.92. The summed E-state index contributed by atoms with van der Waals surface area (Å²) in [5.41, 5.74) is 0. The summed E-state index contributed by atoms with van der Waals surface area (Å²) >= 11 is 0. The lowest BCUT2D eigenvalue weighted by Gasteiger charge is -1.59. The third-order valence-corrected chi connectivity index (χ3v) is 0.902. The van der Waals surface area contributed by atoms with Crippen LogP contribution in [-0.2, 0) is 0 Å². The molecule has 0 aliphatic heterocycles. The van der Waals surface area contributed by atoms with Gasteiger partial charge in [0, 0.05) is 1.43 Å². The molecule has 2 N–H and O–H groups in total. The van der Waals surface area contributed by atoms with Gasteiger partial charge in [-0.1, -0.05) is 17.9 Å². The summed E-state index contributed by atoms with van der Waals surface area (Å²) in [6.07, 6.45) is 0. The van der Waals surface area contributed by atoms with Gasteiger partial charge in [0.05, 0.1) is 0 Å². The van der Waals surface area contributed by atoms with Crippen LogP contribution >= 0.6 is 0 Å². The molecule has 0 aliphatic carbocycles. The van der Waals surface area contributed by atoms with Gasteiger partial charge in [-0.3, -0.25) is 0 Å². The van der Waals surface area contributed by atoms with Gasteiger partial charge in [0.25, 0.3) is 0 Å². The van der Waals surface area contributed by atoms with Crippen LogP contribution < -0.4 is 0 Å². The standard InChI is InChI=1S/2C2H4N4.CH4.H2/c2*1-2-3-5-6-4-2;;/h2*1H3,(H,3,4,5,6);1H4;1H/i;;;1+1. The maximum Gasteiger partial charge on any atom is 0.171 e. The fraction of sp³-hybridized carbons (Fsp3) is 0.600. The van der Waals surface area contributed by atoms with Crippen molar-refractivity contribution in [2.45, 2.75) is 21.3 Å². The van der Waals surface area contributed by atoms with Gasteiger partial charge in [0.2, 0.25) is 0 Å². The Hall–Kier alpha value is -1.86. The lowest BCUT2D eigenvalue weighted by atomic mass is 10.8. The zero-order chi connectivity index (χ0) is 8.81. The Balaban J connectivity index is 0. The Kier molecular flexibility index (Phi) is 4.93. The van der Waals surface area contributed by atoms with Crippen molar-refractivity contribution in [3.05, 3.63) is 11.6 Å². The number of aromatic nitrogens is 8. The molecule has 2 aromatic rings. The Morgan fingerprint density at radius 3 is 1.38 bits per heavy atom. The topological polar surface area (TPSA) is 109 Å². The smallest absolute Gasteiger partial charge is 0.171 e. The Morgan fingerprint density at radius 1 is 0.923 bits per heavy atom. The molecular weight excluding hydrogens is 172 g/mol. The van der Waals surface area contributed by atoms with Crippen LogP contribution in [0.4, 0.5) is 0 Å². The van der Waals surface area contributed by atoms with E-state index in [0.717, 1.165) is 0 Å². The number of rotatable bonds is 0. The van der Waals surface area contributed by atoms with E-state index < -0.39 is 0 Å². The van der Waals surface area contributed by atoms with Gasteiger partial charge < -0.3 is 0 Å². The molecule has 0 atom stereocenters. The van der Waals surface area contributed by atoms with Crippen LogP contribution in [0.3, 0.4) is 0 Å². The summed E-state index contributed by atoms with van der Waals surface area (Å²) in [4.78, 5) is 0. The number of hydrogen-bond acceptors (Lipinski definition) is 6. The van der Waals surface area contributed by atoms with Crippen molar-refractivity contribution in [1.82, 2.24) is 41.2 Å². The van der Waals surface area contributed by atoms with Crippen LogP contribution in [0.5, 0.6) is 0 Å². The monoisotopic (exact) mass is 187 g/mol. The number of aromatic amines is 2. The van der Waals surface area contributed by atoms with E-state index in [2.05, 4.69) is 41.2 Å². The Bertz CT molecular complexity index is 257. The van der Waals surface area contributed by atoms with Crippen molar-refractivity contribution < 1.29 is 1.43 Å². The third kappa shape index (κ3) is 4.56. The average molecular weight is 187 g/mol. The van der Waals surface area contributed by atoms with Gasteiger partial charge in [0.1, 0.15) is 0 Å². The number of nitrogens with one attached hydrogen (secondary N) is 2. The normalized spacial score (nSPS) is 8.15. The van der Waals surface area contributed by atoms with Crippen LogP contribution in [0.1, 0.15) is 20.5 Å². The molecule has 0 saturated carbocycles. The van der Waals surface area contributed by atoms with E-state index in [-0.39, 0.29) is 8.85 Å². The maximum absolute atomic E-state index is 3.57. The molecule has 0 saturated heterocycles. The molecule has 0 bridgehead atoms. The van der Waals surface area contributed by atoms with Crippen LogP contribution in [0.2, 0.25) is 0 Å². The first kappa shape index (κ1) is 11.1. The molecule has 0 unspecified atom stereocenters. The number of nitrogens with zero attached hydrogens (tertiary/aromatic N) is 6. The van der Waals surface area contributed by atoms with Crippen LogP contribution in [0.15, 0.2) is 0 Å². The summed E-state index contributed by atoms with van der Waals surface area (Å²) in [5.74, 6) is 1.35. The molecule has 0 radical (unpaired) electrons. The molecule has 74 valence electrons. The van der Waals surface area contributed by atoms with E-state index in [1.54, 1.807) is 13.8 Å². The molecule has 13 heavy (non-hydrogen) atoms. The SMILES string of the molecule is C.Cc1nn[nH]n1.Cc1nn[nH]n1.[2HH]. The lowest BCUT2D eigenvalue weighted by Crippen LogP contribution is -1.69. The Morgan fingerprint density at radius 2 is 1.31 bits per heavy atom. The lowest BCUT2D eigenvalue weighted by molar-refractivity contribution is 0.881. The van der Waals surface area contributed by atoms with Gasteiger partial charge in [-0.25, -0.2) is 0 Å². The summed E-state index contributed by atoms with van der Waals surface area (Å²) in [7, 11) is 0. The predicted molar refractivity (Wildman–Crippen MR) is 46.7 cm³/mol. The molecule has 0 fully saturated rings. The molecule has 0 spiro atoms. The number of tetrazole rings is 2. The zero-order valence-corrected chi connectivity index (χ0v) is 6.68. The first-order valence-corrected chi connectivity index (χ1v) is 3.19.